The van der Waals surface area contributed by atoms with Crippen LogP contribution in [0.3, 0.4) is 0 Å². The first-order valence-corrected chi connectivity index (χ1v) is 14.4. The zero-order valence-corrected chi connectivity index (χ0v) is 24.9. The highest BCUT2D eigenvalue weighted by molar-refractivity contribution is 5.80. The number of ether oxygens (including phenoxy) is 1. The van der Waals surface area contributed by atoms with E-state index in [2.05, 4.69) is 17.1 Å². The number of H-pyrrole nitrogens is 1. The first-order chi connectivity index (χ1) is 21.2. The van der Waals surface area contributed by atoms with Crippen LogP contribution in [0.5, 0.6) is 5.75 Å². The summed E-state index contributed by atoms with van der Waals surface area (Å²) in [5.74, 6) is 0.754. The summed E-state index contributed by atoms with van der Waals surface area (Å²) in [5, 5.41) is 13.8. The standard InChI is InChI=1S/C34H35N5O5/c1-4-7-29-28(20-22-10-12-23(13-11-22)26-8-5-6-9-27(26)31-37-33(41)44-38-31)32(40)39(30(36-29)18-19-35)24-14-16-25(17-15-24)43-21-34(2,3)42/h5-6,8-19,42H,4,7,20-21,35H2,1-3H3,(H,37,38,41). The van der Waals surface area contributed by atoms with Crippen molar-refractivity contribution in [1.82, 2.24) is 19.7 Å². The molecule has 10 heteroatoms. The summed E-state index contributed by atoms with van der Waals surface area (Å²) in [5.41, 5.74) is 10.1. The molecule has 0 saturated heterocycles. The molecule has 3 aromatic carbocycles. The Bertz CT molecular complexity index is 1880. The molecule has 0 aliphatic carbocycles. The van der Waals surface area contributed by atoms with Crippen LogP contribution in [0, 0.1) is 0 Å². The Balaban J connectivity index is 1.50. The molecule has 0 saturated carbocycles. The van der Waals surface area contributed by atoms with E-state index in [0.29, 0.717) is 41.5 Å². The lowest BCUT2D eigenvalue weighted by Gasteiger charge is -2.18. The normalized spacial score (nSPS) is 11.7. The van der Waals surface area contributed by atoms with Gasteiger partial charge in [-0.05, 0) is 73.5 Å². The van der Waals surface area contributed by atoms with Crippen molar-refractivity contribution in [3.8, 4) is 34.0 Å². The van der Waals surface area contributed by atoms with E-state index < -0.39 is 11.4 Å². The summed E-state index contributed by atoms with van der Waals surface area (Å²) in [6, 6.07) is 22.6. The van der Waals surface area contributed by atoms with Crippen molar-refractivity contribution in [1.29, 1.82) is 0 Å². The maximum Gasteiger partial charge on any atom is 0.439 e. The van der Waals surface area contributed by atoms with Gasteiger partial charge in [0.15, 0.2) is 5.82 Å². The Morgan fingerprint density at radius 3 is 2.34 bits per heavy atom. The Morgan fingerprint density at radius 1 is 1.02 bits per heavy atom. The first-order valence-electron chi connectivity index (χ1n) is 14.4. The number of nitrogens with zero attached hydrogens (tertiary/aromatic N) is 3. The van der Waals surface area contributed by atoms with Gasteiger partial charge >= 0.3 is 5.76 Å². The van der Waals surface area contributed by atoms with Crippen LogP contribution in [0.2, 0.25) is 0 Å². The third kappa shape index (κ3) is 6.87. The van der Waals surface area contributed by atoms with Crippen molar-refractivity contribution in [2.24, 2.45) is 5.73 Å². The van der Waals surface area contributed by atoms with Crippen LogP contribution in [-0.2, 0) is 12.8 Å². The highest BCUT2D eigenvalue weighted by Gasteiger charge is 2.18. The zero-order chi connectivity index (χ0) is 31.3. The fraction of sp³-hybridized carbons (Fsp3) is 0.235. The van der Waals surface area contributed by atoms with Gasteiger partial charge in [-0.3, -0.25) is 18.9 Å². The predicted molar refractivity (Wildman–Crippen MR) is 170 cm³/mol. The summed E-state index contributed by atoms with van der Waals surface area (Å²) >= 11 is 0. The van der Waals surface area contributed by atoms with Gasteiger partial charge in [-0.1, -0.05) is 67.0 Å². The number of benzene rings is 3. The molecule has 5 aromatic rings. The summed E-state index contributed by atoms with van der Waals surface area (Å²) in [6.07, 6.45) is 4.85. The van der Waals surface area contributed by atoms with Crippen molar-refractivity contribution in [2.45, 2.75) is 45.6 Å². The van der Waals surface area contributed by atoms with Gasteiger partial charge in [-0.15, -0.1) is 0 Å². The van der Waals surface area contributed by atoms with Crippen LogP contribution in [0.4, 0.5) is 0 Å². The first kappa shape index (κ1) is 30.2. The van der Waals surface area contributed by atoms with E-state index in [-0.39, 0.29) is 12.2 Å². The van der Waals surface area contributed by atoms with Crippen molar-refractivity contribution in [3.63, 3.8) is 0 Å². The topological polar surface area (TPSA) is 149 Å². The van der Waals surface area contributed by atoms with E-state index in [1.54, 1.807) is 48.8 Å². The van der Waals surface area contributed by atoms with E-state index >= 15 is 0 Å². The van der Waals surface area contributed by atoms with Gasteiger partial charge in [0.1, 0.15) is 18.2 Å². The quantitative estimate of drug-likeness (QED) is 0.196. The van der Waals surface area contributed by atoms with Gasteiger partial charge in [-0.25, -0.2) is 9.78 Å². The van der Waals surface area contributed by atoms with Gasteiger partial charge in [0.2, 0.25) is 0 Å². The molecular weight excluding hydrogens is 558 g/mol. The van der Waals surface area contributed by atoms with Crippen LogP contribution in [0.15, 0.2) is 93.1 Å². The molecular formula is C34H35N5O5. The number of hydrogen-bond donors (Lipinski definition) is 3. The van der Waals surface area contributed by atoms with Crippen LogP contribution in [0.1, 0.15) is 49.8 Å². The third-order valence-electron chi connectivity index (χ3n) is 6.98. The largest absolute Gasteiger partial charge is 0.491 e. The Kier molecular flexibility index (Phi) is 8.91. The Morgan fingerprint density at radius 2 is 1.73 bits per heavy atom. The average Bonchev–Trinajstić information content (AvgIpc) is 3.45. The molecule has 0 spiro atoms. The minimum atomic E-state index is -0.971. The second kappa shape index (κ2) is 13.0. The van der Waals surface area contributed by atoms with E-state index in [0.717, 1.165) is 34.4 Å². The lowest BCUT2D eigenvalue weighted by molar-refractivity contribution is 0.0285. The minimum Gasteiger partial charge on any atom is -0.491 e. The third-order valence-corrected chi connectivity index (χ3v) is 6.98. The number of rotatable bonds is 11. The fourth-order valence-corrected chi connectivity index (χ4v) is 4.93. The average molecular weight is 594 g/mol. The predicted octanol–water partition coefficient (Wildman–Crippen LogP) is 4.87. The molecule has 0 unspecified atom stereocenters. The summed E-state index contributed by atoms with van der Waals surface area (Å²) in [4.78, 5) is 33.2. The molecule has 226 valence electrons. The monoisotopic (exact) mass is 593 g/mol. The molecule has 0 bridgehead atoms. The molecule has 10 nitrogen and oxygen atoms in total. The Hall–Kier alpha value is -5.22. The molecule has 5 rings (SSSR count). The van der Waals surface area contributed by atoms with Gasteiger partial charge in [0.05, 0.1) is 17.0 Å². The van der Waals surface area contributed by atoms with Crippen molar-refractivity contribution in [3.05, 3.63) is 123 Å². The molecule has 4 N–H and O–H groups in total. The fourth-order valence-electron chi connectivity index (χ4n) is 4.93. The molecule has 0 amide bonds. The van der Waals surface area contributed by atoms with E-state index in [1.807, 2.05) is 48.5 Å². The SMILES string of the molecule is CCCc1nc(C=CN)n(-c2ccc(OCC(C)(C)O)cc2)c(=O)c1Cc1ccc(-c2ccccc2-c2noc(=O)[nH]2)cc1. The highest BCUT2D eigenvalue weighted by atomic mass is 16.5. The van der Waals surface area contributed by atoms with Gasteiger partial charge < -0.3 is 15.6 Å². The van der Waals surface area contributed by atoms with Crippen molar-refractivity contribution < 1.29 is 14.4 Å². The molecule has 0 aliphatic rings. The lowest BCUT2D eigenvalue weighted by Crippen LogP contribution is -2.28. The summed E-state index contributed by atoms with van der Waals surface area (Å²) in [6.45, 7) is 5.53. The maximum atomic E-state index is 14.1. The second-order valence-corrected chi connectivity index (χ2v) is 11.1. The van der Waals surface area contributed by atoms with Crippen LogP contribution in [0.25, 0.3) is 34.3 Å². The van der Waals surface area contributed by atoms with Crippen molar-refractivity contribution >= 4 is 6.08 Å². The minimum absolute atomic E-state index is 0.134. The van der Waals surface area contributed by atoms with Crippen LogP contribution < -0.4 is 21.8 Å². The molecule has 0 radical (unpaired) electrons. The number of nitrogens with two attached hydrogens (primary N) is 1. The molecule has 44 heavy (non-hydrogen) atoms. The van der Waals surface area contributed by atoms with Gasteiger partial charge in [-0.2, -0.15) is 0 Å². The molecule has 0 fully saturated rings. The number of aliphatic hydroxyl groups is 1. The number of hydrogen-bond acceptors (Lipinski definition) is 8. The number of aromatic nitrogens is 4. The van der Waals surface area contributed by atoms with Crippen LogP contribution in [-0.4, -0.2) is 37.0 Å². The van der Waals surface area contributed by atoms with E-state index in [1.165, 1.54) is 6.20 Å². The molecule has 2 heterocycles. The van der Waals surface area contributed by atoms with E-state index in [9.17, 15) is 14.7 Å². The lowest BCUT2D eigenvalue weighted by atomic mass is 9.96. The zero-order valence-electron chi connectivity index (χ0n) is 24.9. The maximum absolute atomic E-state index is 14.1. The number of aromatic amines is 1. The Labute approximate surface area is 254 Å². The summed E-state index contributed by atoms with van der Waals surface area (Å²) < 4.78 is 12.0. The van der Waals surface area contributed by atoms with Crippen molar-refractivity contribution in [2.75, 3.05) is 6.61 Å². The van der Waals surface area contributed by atoms with Gasteiger partial charge in [0, 0.05) is 17.5 Å². The molecule has 0 aliphatic heterocycles. The number of nitrogens with one attached hydrogen (secondary N) is 1. The molecule has 0 atom stereocenters. The van der Waals surface area contributed by atoms with E-state index in [4.69, 9.17) is 20.0 Å². The van der Waals surface area contributed by atoms with Gasteiger partial charge in [0.25, 0.3) is 5.56 Å². The smallest absolute Gasteiger partial charge is 0.439 e. The van der Waals surface area contributed by atoms with Crippen LogP contribution >= 0.6 is 0 Å². The second-order valence-electron chi connectivity index (χ2n) is 11.1. The number of aryl methyl sites for hydroxylation is 1. The highest BCUT2D eigenvalue weighted by Crippen LogP contribution is 2.30. The molecule has 2 aromatic heterocycles. The summed E-state index contributed by atoms with van der Waals surface area (Å²) in [7, 11) is 0.